The van der Waals surface area contributed by atoms with E-state index in [4.69, 9.17) is 14.8 Å². The quantitative estimate of drug-likeness (QED) is 0.299. The van der Waals surface area contributed by atoms with Gasteiger partial charge in [0.1, 0.15) is 11.6 Å². The summed E-state index contributed by atoms with van der Waals surface area (Å²) >= 11 is 0. The highest BCUT2D eigenvalue weighted by Crippen LogP contribution is 2.35. The van der Waals surface area contributed by atoms with Gasteiger partial charge in [0, 0.05) is 30.7 Å². The van der Waals surface area contributed by atoms with Crippen molar-refractivity contribution in [1.82, 2.24) is 9.55 Å². The Morgan fingerprint density at radius 1 is 0.971 bits per heavy atom. The Morgan fingerprint density at radius 3 is 2.35 bits per heavy atom. The Labute approximate surface area is 198 Å². The molecule has 1 heterocycles. The molecule has 0 saturated heterocycles. The number of fused-ring (bicyclic) bond motifs is 1. The van der Waals surface area contributed by atoms with Crippen LogP contribution in [-0.2, 0) is 9.59 Å². The fourth-order valence-electron chi connectivity index (χ4n) is 3.87. The van der Waals surface area contributed by atoms with Crippen LogP contribution in [0.4, 0.5) is 5.69 Å². The van der Waals surface area contributed by atoms with E-state index in [9.17, 15) is 9.59 Å². The van der Waals surface area contributed by atoms with Crippen LogP contribution in [-0.4, -0.2) is 33.1 Å². The fraction of sp³-hybridized carbons (Fsp3) is 0.222. The maximum Gasteiger partial charge on any atom is 0.303 e. The Hall–Kier alpha value is -4.13. The highest BCUT2D eigenvalue weighted by Gasteiger charge is 2.18. The molecule has 1 aromatic heterocycles. The van der Waals surface area contributed by atoms with Gasteiger partial charge in [-0.2, -0.15) is 0 Å². The minimum absolute atomic E-state index is 0.154. The number of anilines is 1. The molecule has 0 fully saturated rings. The maximum absolute atomic E-state index is 11.8. The summed E-state index contributed by atoms with van der Waals surface area (Å²) in [7, 11) is 0. The molecule has 1 amide bonds. The van der Waals surface area contributed by atoms with Crippen molar-refractivity contribution < 1.29 is 19.4 Å². The fourth-order valence-corrected chi connectivity index (χ4v) is 3.87. The molecular formula is C27H27N3O4. The van der Waals surface area contributed by atoms with Gasteiger partial charge in [0.2, 0.25) is 5.91 Å². The van der Waals surface area contributed by atoms with Gasteiger partial charge in [0.05, 0.1) is 23.3 Å². The molecule has 4 aromatic rings. The van der Waals surface area contributed by atoms with Crippen molar-refractivity contribution in [3.8, 4) is 22.8 Å². The molecule has 34 heavy (non-hydrogen) atoms. The van der Waals surface area contributed by atoms with E-state index in [1.54, 1.807) is 0 Å². The van der Waals surface area contributed by atoms with E-state index in [0.717, 1.165) is 41.0 Å². The first-order valence-electron chi connectivity index (χ1n) is 11.3. The van der Waals surface area contributed by atoms with Gasteiger partial charge < -0.3 is 15.2 Å². The number of rotatable bonds is 10. The molecule has 0 aliphatic heterocycles. The normalized spacial score (nSPS) is 10.9. The van der Waals surface area contributed by atoms with Crippen LogP contribution in [0.25, 0.3) is 28.1 Å². The molecule has 3 aromatic carbocycles. The minimum atomic E-state index is -0.789. The van der Waals surface area contributed by atoms with Crippen molar-refractivity contribution in [3.63, 3.8) is 0 Å². The number of ether oxygens (including phenoxy) is 1. The summed E-state index contributed by atoms with van der Waals surface area (Å²) in [4.78, 5) is 27.5. The average Bonchev–Trinajstić information content (AvgIpc) is 3.20. The summed E-state index contributed by atoms with van der Waals surface area (Å²) < 4.78 is 8.14. The number of nitrogens with one attached hydrogen (secondary N) is 1. The first-order valence-corrected chi connectivity index (χ1v) is 11.3. The van der Waals surface area contributed by atoms with Crippen LogP contribution in [0.5, 0.6) is 5.75 Å². The van der Waals surface area contributed by atoms with Crippen LogP contribution in [0.15, 0.2) is 72.8 Å². The second-order valence-electron chi connectivity index (χ2n) is 8.04. The lowest BCUT2D eigenvalue weighted by molar-refractivity contribution is -0.137. The van der Waals surface area contributed by atoms with Crippen LogP contribution in [0, 0.1) is 0 Å². The van der Waals surface area contributed by atoms with E-state index in [2.05, 4.69) is 9.88 Å². The number of imidazole rings is 1. The number of para-hydroxylation sites is 1. The molecule has 0 atom stereocenters. The molecule has 7 nitrogen and oxygen atoms in total. The summed E-state index contributed by atoms with van der Waals surface area (Å²) in [5, 5.41) is 11.6. The number of carbonyl (C=O) groups excluding carboxylic acids is 1. The molecule has 0 bridgehead atoms. The molecule has 0 saturated carbocycles. The zero-order chi connectivity index (χ0) is 23.9. The molecule has 0 unspecified atom stereocenters. The van der Waals surface area contributed by atoms with E-state index < -0.39 is 5.97 Å². The molecule has 0 aliphatic carbocycles. The molecule has 0 spiro atoms. The van der Waals surface area contributed by atoms with E-state index in [0.29, 0.717) is 24.5 Å². The zero-order valence-corrected chi connectivity index (χ0v) is 19.0. The number of aliphatic carboxylic acids is 1. The van der Waals surface area contributed by atoms with E-state index in [-0.39, 0.29) is 12.3 Å². The summed E-state index contributed by atoms with van der Waals surface area (Å²) in [6, 6.07) is 23.7. The summed E-state index contributed by atoms with van der Waals surface area (Å²) in [6.45, 7) is 1.88. The van der Waals surface area contributed by atoms with Gasteiger partial charge in [-0.3, -0.25) is 14.2 Å². The number of aromatic nitrogens is 2. The third-order valence-electron chi connectivity index (χ3n) is 5.41. The monoisotopic (exact) mass is 457 g/mol. The van der Waals surface area contributed by atoms with Gasteiger partial charge in [-0.05, 0) is 37.5 Å². The lowest BCUT2D eigenvalue weighted by Gasteiger charge is -2.14. The lowest BCUT2D eigenvalue weighted by atomic mass is 10.2. The summed E-state index contributed by atoms with van der Waals surface area (Å²) in [5.74, 6) is 0.359. The second kappa shape index (κ2) is 10.7. The lowest BCUT2D eigenvalue weighted by Crippen LogP contribution is -2.09. The van der Waals surface area contributed by atoms with Gasteiger partial charge >= 0.3 is 5.97 Å². The van der Waals surface area contributed by atoms with Crippen molar-refractivity contribution in [1.29, 1.82) is 0 Å². The largest absolute Gasteiger partial charge is 0.491 e. The van der Waals surface area contributed by atoms with Gasteiger partial charge in [-0.1, -0.05) is 48.5 Å². The summed E-state index contributed by atoms with van der Waals surface area (Å²) in [6.07, 6.45) is 2.24. The van der Waals surface area contributed by atoms with E-state index in [1.807, 2.05) is 72.8 Å². The van der Waals surface area contributed by atoms with Gasteiger partial charge in [0.15, 0.2) is 0 Å². The van der Waals surface area contributed by atoms with Crippen molar-refractivity contribution >= 4 is 28.6 Å². The molecule has 0 radical (unpaired) electrons. The SMILES string of the molecule is CC(=O)Nc1cc2nc(-c3ccccc3)n(-c3ccccc3)c2cc1OCCCCCC(=O)O. The highest BCUT2D eigenvalue weighted by molar-refractivity contribution is 5.95. The summed E-state index contributed by atoms with van der Waals surface area (Å²) in [5.41, 5.74) is 4.10. The molecule has 174 valence electrons. The number of carbonyl (C=O) groups is 2. The predicted octanol–water partition coefficient (Wildman–Crippen LogP) is 5.67. The molecule has 0 aliphatic rings. The van der Waals surface area contributed by atoms with Gasteiger partial charge in [-0.15, -0.1) is 0 Å². The van der Waals surface area contributed by atoms with Crippen LogP contribution in [0.3, 0.4) is 0 Å². The van der Waals surface area contributed by atoms with Crippen LogP contribution in [0.2, 0.25) is 0 Å². The Morgan fingerprint density at radius 2 is 1.68 bits per heavy atom. The number of unbranched alkanes of at least 4 members (excludes halogenated alkanes) is 2. The Balaban J connectivity index is 1.74. The van der Waals surface area contributed by atoms with Crippen LogP contribution >= 0.6 is 0 Å². The predicted molar refractivity (Wildman–Crippen MR) is 132 cm³/mol. The maximum atomic E-state index is 11.8. The highest BCUT2D eigenvalue weighted by atomic mass is 16.5. The number of hydrogen-bond donors (Lipinski definition) is 2. The molecule has 2 N–H and O–H groups in total. The van der Waals surface area contributed by atoms with Gasteiger partial charge in [-0.25, -0.2) is 4.98 Å². The van der Waals surface area contributed by atoms with Crippen molar-refractivity contribution in [3.05, 3.63) is 72.8 Å². The number of nitrogens with zero attached hydrogens (tertiary/aromatic N) is 2. The van der Waals surface area contributed by atoms with Gasteiger partial charge in [0.25, 0.3) is 0 Å². The number of benzene rings is 3. The van der Waals surface area contributed by atoms with E-state index in [1.165, 1.54) is 6.92 Å². The van der Waals surface area contributed by atoms with Crippen molar-refractivity contribution in [2.45, 2.75) is 32.6 Å². The van der Waals surface area contributed by atoms with E-state index >= 15 is 0 Å². The Kier molecular flexibility index (Phi) is 7.22. The number of amides is 1. The zero-order valence-electron chi connectivity index (χ0n) is 19.0. The van der Waals surface area contributed by atoms with Crippen LogP contribution < -0.4 is 10.1 Å². The average molecular weight is 458 g/mol. The number of carboxylic acid groups (broad SMARTS) is 1. The van der Waals surface area contributed by atoms with Crippen molar-refractivity contribution in [2.75, 3.05) is 11.9 Å². The first kappa shape index (κ1) is 23.0. The third kappa shape index (κ3) is 5.43. The smallest absolute Gasteiger partial charge is 0.303 e. The van der Waals surface area contributed by atoms with Crippen molar-refractivity contribution in [2.24, 2.45) is 0 Å². The standard InChI is InChI=1S/C27H27N3O4/c1-19(31)28-23-17-22-24(18-25(23)34-16-10-4-9-15-26(32)33)30(21-13-7-3-8-14-21)27(29-22)20-11-5-2-6-12-20/h2-3,5-8,11-14,17-18H,4,9-10,15-16H2,1H3,(H,28,31)(H,32,33). The minimum Gasteiger partial charge on any atom is -0.491 e. The second-order valence-corrected chi connectivity index (χ2v) is 8.04. The van der Waals surface area contributed by atoms with Crippen LogP contribution in [0.1, 0.15) is 32.6 Å². The topological polar surface area (TPSA) is 93.5 Å². The number of hydrogen-bond acceptors (Lipinski definition) is 4. The molecule has 7 heteroatoms. The molecule has 4 rings (SSSR count). The Bertz CT molecular complexity index is 1280. The number of carboxylic acids is 1. The molecular weight excluding hydrogens is 430 g/mol. The third-order valence-corrected chi connectivity index (χ3v) is 5.41. The first-order chi connectivity index (χ1) is 16.5.